The summed E-state index contributed by atoms with van der Waals surface area (Å²) in [7, 11) is 4.59. The van der Waals surface area contributed by atoms with E-state index in [-0.39, 0.29) is 51.7 Å². The number of aliphatic imine (C=N–C) groups is 2. The minimum atomic E-state index is 0. The number of para-hydroxylation sites is 4. The van der Waals surface area contributed by atoms with Gasteiger partial charge >= 0.3 is 51.7 Å². The van der Waals surface area contributed by atoms with Gasteiger partial charge in [0.25, 0.3) is 0 Å². The second kappa shape index (κ2) is 38.0. The van der Waals surface area contributed by atoms with Crippen LogP contribution in [0.5, 0.6) is 0 Å². The molecule has 0 fully saturated rings. The molecule has 0 aromatic heterocycles. The molecule has 9 heteroatoms. The fourth-order valence-corrected chi connectivity index (χ4v) is 10.2. The topological polar surface area (TPSA) is 52.9 Å². The molecule has 0 radical (unpaired) electrons. The molecular weight excluding hydrogens is 1110 g/mol. The Morgan fingerprint density at radius 1 is 0.370 bits per heavy atom. The molecule has 5 aromatic carbocycles. The summed E-state index contributed by atoms with van der Waals surface area (Å²) >= 11 is 8.48. The third-order valence-corrected chi connectivity index (χ3v) is 14.2. The standard InChI is InChI=1S/2C29H41N2.C12H17P.C2H4S2.2Sc/c2*1-18(2)24-13-11-14-25(19(3)4)28(24)30-22(9)17-23(10)31-29-26(20(5)6)15-12-16-27(29)21(7)8;1-8(2)10-6-5-7-11(9(3)4)12(10)13;1-2(3)4;;/h2*11-21H,1-10H3;5-9H,1-4H3;3-4H,1H2;;/q2*-1;-2;;2*+3/p-2/b2*22-17-,31-23?;;;;. The second-order valence-corrected chi connectivity index (χ2v) is 25.8. The summed E-state index contributed by atoms with van der Waals surface area (Å²) in [4.78, 5) is 10.2. The van der Waals surface area contributed by atoms with Gasteiger partial charge in [0, 0.05) is 11.4 Å². The van der Waals surface area contributed by atoms with Crippen molar-refractivity contribution in [2.75, 3.05) is 0 Å². The zero-order valence-corrected chi connectivity index (χ0v) is 60.6. The molecule has 0 N–H and O–H groups in total. The summed E-state index contributed by atoms with van der Waals surface area (Å²) in [5, 5.41) is 11.3. The fraction of sp³-hybridized carbons (Fsp3) is 0.472. The molecule has 0 heterocycles. The van der Waals surface area contributed by atoms with E-state index in [9.17, 15) is 0 Å². The van der Waals surface area contributed by atoms with Gasteiger partial charge in [-0.25, -0.2) is 0 Å². The summed E-state index contributed by atoms with van der Waals surface area (Å²) in [6.45, 7) is 56.1. The van der Waals surface area contributed by atoms with E-state index in [2.05, 4.69) is 310 Å². The maximum atomic E-state index is 5.08. The Labute approximate surface area is 547 Å². The minimum absolute atomic E-state index is 0. The van der Waals surface area contributed by atoms with E-state index in [0.717, 1.165) is 45.6 Å². The molecule has 0 amide bonds. The molecule has 0 aliphatic heterocycles. The summed E-state index contributed by atoms with van der Waals surface area (Å²) < 4.78 is 0.333. The van der Waals surface area contributed by atoms with Crippen LogP contribution < -0.4 is 5.30 Å². The van der Waals surface area contributed by atoms with E-state index in [1.54, 1.807) is 0 Å². The maximum Gasteiger partial charge on any atom is 3.00 e. The summed E-state index contributed by atoms with van der Waals surface area (Å²) in [5.41, 5.74) is 21.6. The first-order valence-electron chi connectivity index (χ1n) is 29.1. The Morgan fingerprint density at radius 3 is 0.728 bits per heavy atom. The van der Waals surface area contributed by atoms with Gasteiger partial charge in [-0.1, -0.05) is 278 Å². The Morgan fingerprint density at radius 2 is 0.543 bits per heavy atom. The van der Waals surface area contributed by atoms with E-state index in [1.165, 1.54) is 60.9 Å². The van der Waals surface area contributed by atoms with E-state index >= 15 is 0 Å². The molecule has 81 heavy (non-hydrogen) atoms. The average Bonchev–Trinajstić information content (AvgIpc) is 3.33. The molecule has 5 rings (SSSR count). The molecule has 0 saturated heterocycles. The predicted molar refractivity (Wildman–Crippen MR) is 363 cm³/mol. The van der Waals surface area contributed by atoms with Crippen molar-refractivity contribution < 1.29 is 51.7 Å². The molecule has 5 aromatic rings. The monoisotopic (exact) mass is 1210 g/mol. The van der Waals surface area contributed by atoms with Crippen LogP contribution >= 0.6 is 9.24 Å². The van der Waals surface area contributed by atoms with Crippen molar-refractivity contribution in [3.8, 4) is 0 Å². The van der Waals surface area contributed by atoms with E-state index in [4.69, 9.17) is 20.6 Å². The first-order valence-corrected chi connectivity index (χ1v) is 30.3. The number of allylic oxidation sites excluding steroid dienone is 4. The van der Waals surface area contributed by atoms with Crippen LogP contribution in [-0.2, 0) is 76.9 Å². The van der Waals surface area contributed by atoms with Crippen LogP contribution in [0.2, 0.25) is 0 Å². The quantitative estimate of drug-likeness (QED) is 0.0499. The molecule has 4 nitrogen and oxygen atoms in total. The Hall–Kier alpha value is -3.13. The van der Waals surface area contributed by atoms with Gasteiger partial charge in [-0.3, -0.25) is 9.98 Å². The van der Waals surface area contributed by atoms with Crippen LogP contribution in [0.4, 0.5) is 22.7 Å². The molecule has 432 valence electrons. The number of nitrogens with zero attached hydrogens (tertiary/aromatic N) is 4. The molecule has 0 unspecified atom stereocenters. The Bertz CT molecular complexity index is 2570. The normalized spacial score (nSPS) is 12.1. The van der Waals surface area contributed by atoms with Crippen LogP contribution in [0.25, 0.3) is 10.6 Å². The first-order chi connectivity index (χ1) is 36.8. The number of benzene rings is 5. The smallest absolute Gasteiger partial charge is 1.45 e. The van der Waals surface area contributed by atoms with Crippen LogP contribution in [0.15, 0.2) is 135 Å². The molecule has 0 bridgehead atoms. The largest absolute Gasteiger partial charge is 3.00 e. The van der Waals surface area contributed by atoms with Crippen molar-refractivity contribution >= 4 is 74.0 Å². The van der Waals surface area contributed by atoms with Crippen LogP contribution in [0.3, 0.4) is 0 Å². The van der Waals surface area contributed by atoms with Gasteiger partial charge < -0.3 is 54.7 Å². The van der Waals surface area contributed by atoms with Crippen LogP contribution in [-0.4, -0.2) is 11.4 Å². The molecule has 0 saturated carbocycles. The van der Waals surface area contributed by atoms with E-state index in [0.29, 0.717) is 63.4 Å². The number of hydrogen-bond acceptors (Lipinski definition) is 4. The van der Waals surface area contributed by atoms with Gasteiger partial charge in [0.05, 0.1) is 11.4 Å². The SMILES string of the molecule is C=C([S-])[S-].CC(/C=C(/C)[N-]c1c(C(C)C)cccc1C(C)C)=Nc1c(C(C)C)cccc1C(C)C.CC(/C=C(/C)[N-]c1c(C(C)C)cccc1C(C)C)=Nc1c(C(C)C)cccc1C(C)C.CC(C)c1cccc(C(C)C)c1[P-2].[Sc+3].[Sc+3]. The van der Waals surface area contributed by atoms with Gasteiger partial charge in [-0.15, -0.1) is 29.1 Å². The molecule has 0 aliphatic carbocycles. The first kappa shape index (κ1) is 77.9. The van der Waals surface area contributed by atoms with Crippen molar-refractivity contribution in [3.63, 3.8) is 0 Å². The van der Waals surface area contributed by atoms with Gasteiger partial charge in [0.2, 0.25) is 0 Å². The second-order valence-electron chi connectivity index (χ2n) is 24.1. The number of hydrogen-bond donors (Lipinski definition) is 0. The van der Waals surface area contributed by atoms with E-state index in [1.807, 2.05) is 0 Å². The van der Waals surface area contributed by atoms with E-state index < -0.39 is 0 Å². The number of rotatable bonds is 18. The van der Waals surface area contributed by atoms with Gasteiger partial charge in [-0.05, 0) is 95.3 Å². The van der Waals surface area contributed by atoms with Gasteiger partial charge in [0.1, 0.15) is 0 Å². The summed E-state index contributed by atoms with van der Waals surface area (Å²) in [6.07, 6.45) is 4.23. The molecule has 0 spiro atoms. The predicted octanol–water partition coefficient (Wildman–Crippen LogP) is 24.3. The maximum absolute atomic E-state index is 5.08. The molecule has 0 atom stereocenters. The fourth-order valence-electron chi connectivity index (χ4n) is 9.51. The third kappa shape index (κ3) is 25.2. The summed E-state index contributed by atoms with van der Waals surface area (Å²) in [6, 6.07) is 32.7. The Kier molecular flexibility index (Phi) is 36.6. The minimum Gasteiger partial charge on any atom is -1.45 e. The molecule has 0 aliphatic rings. The van der Waals surface area contributed by atoms with Crippen LogP contribution in [0, 0.1) is 0 Å². The van der Waals surface area contributed by atoms with Crippen molar-refractivity contribution in [2.45, 2.75) is 225 Å². The Balaban J connectivity index is 0.00000121. The van der Waals surface area contributed by atoms with Crippen molar-refractivity contribution in [1.82, 2.24) is 0 Å². The summed E-state index contributed by atoms with van der Waals surface area (Å²) in [5.74, 6) is 4.62. The average molecular weight is 1210 g/mol. The van der Waals surface area contributed by atoms with Crippen molar-refractivity contribution in [2.24, 2.45) is 9.98 Å². The zero-order chi connectivity index (χ0) is 60.2. The van der Waals surface area contributed by atoms with Gasteiger partial charge in [-0.2, -0.15) is 11.4 Å². The molecular formula is C72H101N4PS2Sc2. The van der Waals surface area contributed by atoms with Crippen molar-refractivity contribution in [1.29, 1.82) is 0 Å². The van der Waals surface area contributed by atoms with Gasteiger partial charge in [0.15, 0.2) is 0 Å². The zero-order valence-electron chi connectivity index (χ0n) is 54.5. The van der Waals surface area contributed by atoms with Crippen LogP contribution in [0.1, 0.15) is 281 Å². The van der Waals surface area contributed by atoms with Crippen molar-refractivity contribution in [3.05, 3.63) is 192 Å². The third-order valence-electron chi connectivity index (χ3n) is 13.7.